The highest BCUT2D eigenvalue weighted by atomic mass is 19.1. The highest BCUT2D eigenvalue weighted by molar-refractivity contribution is 5.90. The summed E-state index contributed by atoms with van der Waals surface area (Å²) in [5.74, 6) is -0.633. The molecule has 1 saturated carbocycles. The lowest BCUT2D eigenvalue weighted by molar-refractivity contribution is 0.00396. The number of fused-ring (bicyclic) bond motifs is 1. The molecule has 2 aliphatic rings. The third kappa shape index (κ3) is 3.88. The van der Waals surface area contributed by atoms with Crippen LogP contribution in [-0.2, 0) is 4.74 Å². The fourth-order valence-electron chi connectivity index (χ4n) is 4.51. The molecule has 0 unspecified atom stereocenters. The normalized spacial score (nSPS) is 20.9. The van der Waals surface area contributed by atoms with Gasteiger partial charge >= 0.3 is 0 Å². The summed E-state index contributed by atoms with van der Waals surface area (Å²) in [7, 11) is 0. The number of hydrogen-bond acceptors (Lipinski definition) is 5. The minimum absolute atomic E-state index is 0.0296. The van der Waals surface area contributed by atoms with E-state index >= 15 is 0 Å². The molecule has 2 atom stereocenters. The van der Waals surface area contributed by atoms with Gasteiger partial charge in [-0.3, -0.25) is 4.68 Å². The second-order valence-electron chi connectivity index (χ2n) is 8.94. The van der Waals surface area contributed by atoms with E-state index in [1.54, 1.807) is 0 Å². The monoisotopic (exact) mass is 447 g/mol. The van der Waals surface area contributed by atoms with Crippen LogP contribution in [0.2, 0.25) is 0 Å². The van der Waals surface area contributed by atoms with E-state index in [0.29, 0.717) is 41.6 Å². The lowest BCUT2D eigenvalue weighted by atomic mass is 9.92. The zero-order valence-corrected chi connectivity index (χ0v) is 18.2. The number of hydrogen-bond donors (Lipinski definition) is 0. The van der Waals surface area contributed by atoms with Crippen LogP contribution in [0.4, 0.5) is 8.78 Å². The summed E-state index contributed by atoms with van der Waals surface area (Å²) in [5, 5.41) is 5.14. The molecule has 33 heavy (non-hydrogen) atoms. The largest absolute Gasteiger partial charge is 0.373 e. The van der Waals surface area contributed by atoms with E-state index in [1.807, 2.05) is 29.9 Å². The lowest BCUT2D eigenvalue weighted by Gasteiger charge is -2.28. The molecule has 3 aromatic heterocycles. The van der Waals surface area contributed by atoms with Crippen LogP contribution in [0.15, 0.2) is 42.7 Å². The van der Waals surface area contributed by atoms with Crippen molar-refractivity contribution in [2.45, 2.75) is 50.7 Å². The summed E-state index contributed by atoms with van der Waals surface area (Å²) in [6.07, 6.45) is 7.69. The minimum Gasteiger partial charge on any atom is -0.373 e. The Balaban J connectivity index is 1.39. The van der Waals surface area contributed by atoms with Crippen LogP contribution in [-0.4, -0.2) is 31.3 Å². The second kappa shape index (κ2) is 7.95. The van der Waals surface area contributed by atoms with Gasteiger partial charge in [-0.2, -0.15) is 5.10 Å². The molecule has 1 saturated heterocycles. The molecule has 1 aromatic carbocycles. The fourth-order valence-corrected chi connectivity index (χ4v) is 4.51. The Labute approximate surface area is 189 Å². The predicted octanol–water partition coefficient (Wildman–Crippen LogP) is 5.45. The van der Waals surface area contributed by atoms with Gasteiger partial charge in [0, 0.05) is 47.0 Å². The van der Waals surface area contributed by atoms with E-state index in [4.69, 9.17) is 14.7 Å². The van der Waals surface area contributed by atoms with Gasteiger partial charge in [-0.05, 0) is 56.9 Å². The van der Waals surface area contributed by atoms with Crippen molar-refractivity contribution in [2.75, 3.05) is 6.61 Å². The van der Waals surface area contributed by atoms with Gasteiger partial charge in [-0.1, -0.05) is 0 Å². The molecule has 168 valence electrons. The van der Waals surface area contributed by atoms with Crippen molar-refractivity contribution in [3.8, 4) is 11.3 Å². The minimum atomic E-state index is -0.654. The van der Waals surface area contributed by atoms with Crippen LogP contribution in [0.1, 0.15) is 60.8 Å². The third-order valence-corrected chi connectivity index (χ3v) is 6.47. The predicted molar refractivity (Wildman–Crippen MR) is 119 cm³/mol. The van der Waals surface area contributed by atoms with E-state index in [0.717, 1.165) is 23.7 Å². The number of benzene rings is 1. The molecular formula is C25H23F2N5O. The van der Waals surface area contributed by atoms with Crippen LogP contribution in [0.25, 0.3) is 22.3 Å². The van der Waals surface area contributed by atoms with Gasteiger partial charge in [0.25, 0.3) is 0 Å². The average molecular weight is 447 g/mol. The highest BCUT2D eigenvalue weighted by Crippen LogP contribution is 2.40. The van der Waals surface area contributed by atoms with Crippen molar-refractivity contribution in [3.63, 3.8) is 0 Å². The molecule has 2 fully saturated rings. The first-order chi connectivity index (χ1) is 16.0. The topological polar surface area (TPSA) is 65.7 Å². The third-order valence-electron chi connectivity index (χ3n) is 6.47. The number of aryl methyl sites for hydroxylation is 1. The van der Waals surface area contributed by atoms with Crippen molar-refractivity contribution in [3.05, 3.63) is 71.4 Å². The van der Waals surface area contributed by atoms with Crippen molar-refractivity contribution >= 4 is 11.0 Å². The lowest BCUT2D eigenvalue weighted by Crippen LogP contribution is -2.20. The highest BCUT2D eigenvalue weighted by Gasteiger charge is 2.31. The van der Waals surface area contributed by atoms with Gasteiger partial charge in [0.1, 0.15) is 17.5 Å². The van der Waals surface area contributed by atoms with Crippen molar-refractivity contribution < 1.29 is 13.5 Å². The number of aromatic nitrogens is 5. The maximum absolute atomic E-state index is 14.7. The number of halogens is 2. The summed E-state index contributed by atoms with van der Waals surface area (Å²) in [6, 6.07) is 7.76. The number of nitrogens with zero attached hydrogens (tertiary/aromatic N) is 5. The first kappa shape index (κ1) is 20.4. The molecule has 4 aromatic rings. The number of pyridine rings is 1. The fraction of sp³-hybridized carbons (Fsp3) is 0.360. The van der Waals surface area contributed by atoms with Gasteiger partial charge in [0.2, 0.25) is 0 Å². The van der Waals surface area contributed by atoms with Crippen molar-refractivity contribution in [2.24, 2.45) is 0 Å². The molecule has 1 aliphatic carbocycles. The summed E-state index contributed by atoms with van der Waals surface area (Å²) in [6.45, 7) is 2.47. The van der Waals surface area contributed by atoms with Gasteiger partial charge < -0.3 is 4.74 Å². The Bertz CT molecular complexity index is 1350. The standard InChI is InChI=1S/C25H23F2N5O/c1-14-2-6-20-23(19-7-3-17(26)11-21(19)27)30-24(31-25(20)29-14)15-8-9-33-22(10-15)16-12-28-32(13-16)18-4-5-18/h2-3,6-7,11-13,15,18,22H,4-5,8-10H2,1H3/t15-,22-/m0/s1. The first-order valence-corrected chi connectivity index (χ1v) is 11.3. The molecule has 0 amide bonds. The maximum atomic E-state index is 14.7. The van der Waals surface area contributed by atoms with E-state index in [9.17, 15) is 8.78 Å². The molecule has 1 aliphatic heterocycles. The Hall–Kier alpha value is -3.26. The average Bonchev–Trinajstić information content (AvgIpc) is 3.54. The Morgan fingerprint density at radius 1 is 1.03 bits per heavy atom. The maximum Gasteiger partial charge on any atom is 0.163 e. The summed E-state index contributed by atoms with van der Waals surface area (Å²) < 4.78 is 36.4. The smallest absolute Gasteiger partial charge is 0.163 e. The summed E-state index contributed by atoms with van der Waals surface area (Å²) in [5.41, 5.74) is 3.07. The van der Waals surface area contributed by atoms with Gasteiger partial charge in [-0.15, -0.1) is 0 Å². The summed E-state index contributed by atoms with van der Waals surface area (Å²) >= 11 is 0. The van der Waals surface area contributed by atoms with E-state index in [2.05, 4.69) is 16.3 Å². The van der Waals surface area contributed by atoms with Gasteiger partial charge in [-0.25, -0.2) is 23.7 Å². The van der Waals surface area contributed by atoms with E-state index < -0.39 is 11.6 Å². The molecule has 0 bridgehead atoms. The first-order valence-electron chi connectivity index (χ1n) is 11.3. The molecule has 6 rings (SSSR count). The zero-order valence-electron chi connectivity index (χ0n) is 18.2. The number of rotatable bonds is 4. The van der Waals surface area contributed by atoms with Crippen molar-refractivity contribution in [1.29, 1.82) is 0 Å². The van der Waals surface area contributed by atoms with Crippen LogP contribution >= 0.6 is 0 Å². The molecule has 0 spiro atoms. The Morgan fingerprint density at radius 2 is 1.91 bits per heavy atom. The molecule has 4 heterocycles. The van der Waals surface area contributed by atoms with Gasteiger partial charge in [0.05, 0.1) is 24.0 Å². The zero-order chi connectivity index (χ0) is 22.5. The van der Waals surface area contributed by atoms with Crippen LogP contribution < -0.4 is 0 Å². The molecule has 0 radical (unpaired) electrons. The van der Waals surface area contributed by atoms with Crippen LogP contribution in [0, 0.1) is 18.6 Å². The van der Waals surface area contributed by atoms with Crippen molar-refractivity contribution in [1.82, 2.24) is 24.7 Å². The Morgan fingerprint density at radius 3 is 2.73 bits per heavy atom. The second-order valence-corrected chi connectivity index (χ2v) is 8.94. The van der Waals surface area contributed by atoms with Crippen LogP contribution in [0.3, 0.4) is 0 Å². The number of ether oxygens (including phenoxy) is 1. The van der Waals surface area contributed by atoms with E-state index in [-0.39, 0.29) is 17.6 Å². The molecule has 8 heteroatoms. The molecular weight excluding hydrogens is 424 g/mol. The van der Waals surface area contributed by atoms with Gasteiger partial charge in [0.15, 0.2) is 5.65 Å². The van der Waals surface area contributed by atoms with E-state index in [1.165, 1.54) is 25.0 Å². The Kier molecular flexibility index (Phi) is 4.90. The SMILES string of the molecule is Cc1ccc2c(-c3ccc(F)cc3F)nc([C@H]3CCO[C@H](c4cnn(C5CC5)c4)C3)nc2n1. The molecule has 0 N–H and O–H groups in total. The van der Waals surface area contributed by atoms with Crippen LogP contribution in [0.5, 0.6) is 0 Å². The summed E-state index contributed by atoms with van der Waals surface area (Å²) in [4.78, 5) is 14.1. The molecule has 6 nitrogen and oxygen atoms in total. The quantitative estimate of drug-likeness (QED) is 0.417.